The SMILES string of the molecule is C=C(C(=O)N[C@@H](CC(C)C)C(=C)C(=O)N[C@H](C(=C)C(=O)N[C@@H](C)C(=C)C(=O)N[C@@H](CC(C)C)C(=C)C(=O)OC)C(C)C)[C@H](C)NC(=O)C(=C)[C@@H](NC(=O)OC(C)(C)C)C(C)C. The van der Waals surface area contributed by atoms with Gasteiger partial charge in [-0.05, 0) is 71.1 Å². The minimum Gasteiger partial charge on any atom is -0.466 e. The Balaban J connectivity index is 5.87. The van der Waals surface area contributed by atoms with E-state index in [0.717, 1.165) is 0 Å². The molecule has 0 saturated carbocycles. The van der Waals surface area contributed by atoms with Crippen LogP contribution in [0.25, 0.3) is 0 Å². The quantitative estimate of drug-likeness (QED) is 0.0552. The molecule has 0 saturated heterocycles. The fourth-order valence-corrected chi connectivity index (χ4v) is 5.86. The fourth-order valence-electron chi connectivity index (χ4n) is 5.86. The Labute approximate surface area is 364 Å². The Kier molecular flexibility index (Phi) is 22.5. The molecule has 0 aliphatic carbocycles. The second-order valence-corrected chi connectivity index (χ2v) is 17.9. The first-order valence-corrected chi connectivity index (χ1v) is 20.6. The fraction of sp³-hybridized carbons (Fsp3) is 0.587. The van der Waals surface area contributed by atoms with Gasteiger partial charge >= 0.3 is 12.1 Å². The van der Waals surface area contributed by atoms with Crippen molar-refractivity contribution in [1.82, 2.24) is 31.9 Å². The first kappa shape index (κ1) is 55.5. The van der Waals surface area contributed by atoms with Crippen LogP contribution < -0.4 is 31.9 Å². The van der Waals surface area contributed by atoms with Crippen molar-refractivity contribution in [2.75, 3.05) is 7.11 Å². The standard InChI is InChI=1S/C46H74N6O9/c1-23(2)21-35(49-39(53)27(9)33(15)48-43(57)32(14)38(26(7)8)52-45(59)61-46(17,18)19)29(11)41(55)51-37(25(5)6)31(13)42(56)47-34(16)28(10)40(54)50-36(22-24(3)4)30(12)44(58)60-20/h23-26,33-38H,9-14,21-22H2,1-8,15-20H3,(H,47,56)(H,48,57)(H,49,53)(H,50,54)(H,51,55)(H,52,59)/t33-,34-,35-,36-,37-,38-/m0/s1. The maximum absolute atomic E-state index is 13.7. The van der Waals surface area contributed by atoms with E-state index in [1.54, 1.807) is 48.5 Å². The van der Waals surface area contributed by atoms with Gasteiger partial charge in [-0.15, -0.1) is 0 Å². The molecule has 0 aliphatic rings. The monoisotopic (exact) mass is 855 g/mol. The molecule has 0 aromatic carbocycles. The molecular weight excluding hydrogens is 781 g/mol. The Morgan fingerprint density at radius 1 is 0.459 bits per heavy atom. The van der Waals surface area contributed by atoms with E-state index in [9.17, 15) is 33.6 Å². The van der Waals surface area contributed by atoms with Gasteiger partial charge in [-0.25, -0.2) is 9.59 Å². The summed E-state index contributed by atoms with van der Waals surface area (Å²) < 4.78 is 10.1. The van der Waals surface area contributed by atoms with Crippen molar-refractivity contribution in [2.45, 2.75) is 145 Å². The second-order valence-electron chi connectivity index (χ2n) is 17.9. The number of nitrogens with one attached hydrogen (secondary N) is 6. The highest BCUT2D eigenvalue weighted by atomic mass is 16.6. The maximum Gasteiger partial charge on any atom is 0.408 e. The molecule has 342 valence electrons. The van der Waals surface area contributed by atoms with Crippen LogP contribution in [0.3, 0.4) is 0 Å². The predicted molar refractivity (Wildman–Crippen MR) is 240 cm³/mol. The normalized spacial score (nSPS) is 14.3. The van der Waals surface area contributed by atoms with Crippen LogP contribution in [0, 0.1) is 23.7 Å². The Bertz CT molecular complexity index is 1720. The highest BCUT2D eigenvalue weighted by Crippen LogP contribution is 2.19. The number of hydrogen-bond donors (Lipinski definition) is 6. The largest absolute Gasteiger partial charge is 0.466 e. The van der Waals surface area contributed by atoms with Crippen LogP contribution in [-0.2, 0) is 38.2 Å². The van der Waals surface area contributed by atoms with E-state index in [0.29, 0.717) is 12.8 Å². The van der Waals surface area contributed by atoms with E-state index in [-0.39, 0.29) is 57.1 Å². The number of ether oxygens (including phenoxy) is 2. The minimum absolute atomic E-state index is 0.00150. The van der Waals surface area contributed by atoms with E-state index >= 15 is 0 Å². The summed E-state index contributed by atoms with van der Waals surface area (Å²) in [6.45, 7) is 46.5. The highest BCUT2D eigenvalue weighted by molar-refractivity contribution is 6.02. The molecule has 0 rings (SSSR count). The van der Waals surface area contributed by atoms with E-state index in [1.165, 1.54) is 7.11 Å². The second kappa shape index (κ2) is 24.7. The van der Waals surface area contributed by atoms with Gasteiger partial charge in [0, 0.05) is 27.9 Å². The molecule has 6 atom stereocenters. The minimum atomic E-state index is -0.884. The topological polar surface area (TPSA) is 210 Å². The molecule has 0 spiro atoms. The van der Waals surface area contributed by atoms with Gasteiger partial charge in [-0.2, -0.15) is 0 Å². The lowest BCUT2D eigenvalue weighted by molar-refractivity contribution is -0.136. The zero-order valence-corrected chi connectivity index (χ0v) is 39.1. The summed E-state index contributed by atoms with van der Waals surface area (Å²) in [5.41, 5.74) is -0.619. The number of methoxy groups -OCH3 is 1. The van der Waals surface area contributed by atoms with Gasteiger partial charge < -0.3 is 41.4 Å². The summed E-state index contributed by atoms with van der Waals surface area (Å²) in [6, 6.07) is -4.98. The Morgan fingerprint density at radius 2 is 0.787 bits per heavy atom. The van der Waals surface area contributed by atoms with Gasteiger partial charge in [0.15, 0.2) is 0 Å². The van der Waals surface area contributed by atoms with Crippen LogP contribution in [-0.4, -0.2) is 90.6 Å². The molecule has 0 aliphatic heterocycles. The van der Waals surface area contributed by atoms with Gasteiger partial charge in [-0.1, -0.05) is 94.9 Å². The third kappa shape index (κ3) is 18.8. The molecule has 15 heteroatoms. The van der Waals surface area contributed by atoms with Crippen LogP contribution in [0.1, 0.15) is 103 Å². The molecule has 0 heterocycles. The molecule has 6 N–H and O–H groups in total. The number of alkyl carbamates (subject to hydrolysis) is 1. The summed E-state index contributed by atoms with van der Waals surface area (Å²) in [7, 11) is 1.22. The Hall–Kier alpha value is -5.47. The van der Waals surface area contributed by atoms with Crippen molar-refractivity contribution >= 4 is 41.6 Å². The van der Waals surface area contributed by atoms with E-state index in [2.05, 4.69) is 71.4 Å². The van der Waals surface area contributed by atoms with Crippen molar-refractivity contribution in [3.63, 3.8) is 0 Å². The van der Waals surface area contributed by atoms with E-state index in [1.807, 2.05) is 41.5 Å². The number of esters is 1. The van der Waals surface area contributed by atoms with Crippen molar-refractivity contribution < 1.29 is 43.0 Å². The van der Waals surface area contributed by atoms with E-state index in [4.69, 9.17) is 9.47 Å². The molecule has 6 amide bonds. The van der Waals surface area contributed by atoms with E-state index < -0.39 is 83.5 Å². The lowest BCUT2D eigenvalue weighted by atomic mass is 9.93. The number of amides is 6. The summed E-state index contributed by atoms with van der Waals surface area (Å²) in [6.07, 6.45) is 0.0167. The predicted octanol–water partition coefficient (Wildman–Crippen LogP) is 5.26. The molecule has 0 unspecified atom stereocenters. The average molecular weight is 855 g/mol. The molecular formula is C46H74N6O9. The van der Waals surface area contributed by atoms with Gasteiger partial charge in [0.05, 0.1) is 48.9 Å². The molecule has 0 aromatic heterocycles. The summed E-state index contributed by atoms with van der Waals surface area (Å²) >= 11 is 0. The van der Waals surface area contributed by atoms with Crippen LogP contribution >= 0.6 is 0 Å². The first-order chi connectivity index (χ1) is 27.9. The summed E-state index contributed by atoms with van der Waals surface area (Å²) in [4.78, 5) is 91.8. The highest BCUT2D eigenvalue weighted by Gasteiger charge is 2.32. The van der Waals surface area contributed by atoms with Gasteiger partial charge in [0.1, 0.15) is 5.60 Å². The van der Waals surface area contributed by atoms with Gasteiger partial charge in [0.2, 0.25) is 29.5 Å². The first-order valence-electron chi connectivity index (χ1n) is 20.6. The molecule has 15 nitrogen and oxygen atoms in total. The smallest absolute Gasteiger partial charge is 0.408 e. The van der Waals surface area contributed by atoms with Gasteiger partial charge in [-0.3, -0.25) is 24.0 Å². The zero-order chi connectivity index (χ0) is 47.9. The third-order valence-electron chi connectivity index (χ3n) is 9.56. The number of carbonyl (C=O) groups is 7. The van der Waals surface area contributed by atoms with Crippen LogP contribution in [0.4, 0.5) is 4.79 Å². The van der Waals surface area contributed by atoms with Crippen molar-refractivity contribution in [1.29, 1.82) is 0 Å². The average Bonchev–Trinajstić information content (AvgIpc) is 3.14. The molecule has 61 heavy (non-hydrogen) atoms. The summed E-state index contributed by atoms with van der Waals surface area (Å²) in [5, 5.41) is 16.5. The third-order valence-corrected chi connectivity index (χ3v) is 9.56. The van der Waals surface area contributed by atoms with Gasteiger partial charge in [0.25, 0.3) is 0 Å². The number of carbonyl (C=O) groups excluding carboxylic acids is 7. The van der Waals surface area contributed by atoms with Crippen LogP contribution in [0.5, 0.6) is 0 Å². The molecule has 0 aromatic rings. The number of hydrogen-bond acceptors (Lipinski definition) is 9. The lowest BCUT2D eigenvalue weighted by Gasteiger charge is -2.29. The molecule has 0 bridgehead atoms. The van der Waals surface area contributed by atoms with Crippen molar-refractivity contribution in [3.05, 3.63) is 72.9 Å². The van der Waals surface area contributed by atoms with Crippen LogP contribution in [0.15, 0.2) is 72.9 Å². The lowest BCUT2D eigenvalue weighted by Crippen LogP contribution is -2.50. The maximum atomic E-state index is 13.7. The molecule has 0 radical (unpaired) electrons. The van der Waals surface area contributed by atoms with Crippen LogP contribution in [0.2, 0.25) is 0 Å². The summed E-state index contributed by atoms with van der Waals surface area (Å²) in [5.74, 6) is -4.24. The van der Waals surface area contributed by atoms with Crippen molar-refractivity contribution in [2.24, 2.45) is 23.7 Å². The Morgan fingerprint density at radius 3 is 1.11 bits per heavy atom. The zero-order valence-electron chi connectivity index (χ0n) is 39.1. The van der Waals surface area contributed by atoms with Crippen molar-refractivity contribution in [3.8, 4) is 0 Å². The molecule has 0 fully saturated rings. The number of rotatable bonds is 24.